The zero-order valence-corrected chi connectivity index (χ0v) is 15.3. The number of nitrogens with zero attached hydrogens (tertiary/aromatic N) is 3. The molecule has 0 aliphatic carbocycles. The Morgan fingerprint density at radius 2 is 1.82 bits per heavy atom. The van der Waals surface area contributed by atoms with E-state index >= 15 is 0 Å². The van der Waals surface area contributed by atoms with E-state index in [2.05, 4.69) is 15.3 Å². The standard InChI is InChI=1S/C20H14F2N4OS/c21-13-7-9-14(10-8-13)26-19-17(6-3-11-23-19)25-20(26)28-12-18(27)24-16-5-2-1-4-15(16)22/h1-11H,12H2,(H,24,27). The van der Waals surface area contributed by atoms with Crippen molar-refractivity contribution < 1.29 is 13.6 Å². The Balaban J connectivity index is 1.60. The fraction of sp³-hybridized carbons (Fsp3) is 0.0500. The number of anilines is 1. The molecule has 0 spiro atoms. The van der Waals surface area contributed by atoms with E-state index in [-0.39, 0.29) is 23.2 Å². The number of amides is 1. The zero-order chi connectivity index (χ0) is 19.5. The highest BCUT2D eigenvalue weighted by Gasteiger charge is 2.16. The van der Waals surface area contributed by atoms with Crippen LogP contribution in [0.1, 0.15) is 0 Å². The van der Waals surface area contributed by atoms with Crippen LogP contribution in [0.25, 0.3) is 16.9 Å². The van der Waals surface area contributed by atoms with Crippen LogP contribution in [-0.4, -0.2) is 26.2 Å². The second-order valence-electron chi connectivity index (χ2n) is 5.87. The summed E-state index contributed by atoms with van der Waals surface area (Å²) in [5.74, 6) is -1.18. The smallest absolute Gasteiger partial charge is 0.234 e. The number of carbonyl (C=O) groups excluding carboxylic acids is 1. The Kier molecular flexibility index (Phi) is 5.03. The molecule has 4 aromatic rings. The summed E-state index contributed by atoms with van der Waals surface area (Å²) in [4.78, 5) is 21.1. The van der Waals surface area contributed by atoms with Crippen molar-refractivity contribution in [3.05, 3.63) is 78.5 Å². The lowest BCUT2D eigenvalue weighted by Crippen LogP contribution is -2.15. The lowest BCUT2D eigenvalue weighted by atomic mass is 10.3. The fourth-order valence-electron chi connectivity index (χ4n) is 2.69. The molecule has 0 bridgehead atoms. The van der Waals surface area contributed by atoms with Gasteiger partial charge in [-0.15, -0.1) is 0 Å². The number of carbonyl (C=O) groups is 1. The third-order valence-corrected chi connectivity index (χ3v) is 4.89. The number of hydrogen-bond donors (Lipinski definition) is 1. The quantitative estimate of drug-likeness (QED) is 0.507. The number of aromatic nitrogens is 3. The first-order chi connectivity index (χ1) is 13.6. The zero-order valence-electron chi connectivity index (χ0n) is 14.5. The van der Waals surface area contributed by atoms with Gasteiger partial charge in [-0.2, -0.15) is 0 Å². The molecule has 1 N–H and O–H groups in total. The van der Waals surface area contributed by atoms with E-state index in [0.29, 0.717) is 22.0 Å². The summed E-state index contributed by atoms with van der Waals surface area (Å²) >= 11 is 1.19. The number of rotatable bonds is 5. The van der Waals surface area contributed by atoms with Crippen LogP contribution in [0, 0.1) is 11.6 Å². The van der Waals surface area contributed by atoms with E-state index in [0.717, 1.165) is 0 Å². The molecule has 28 heavy (non-hydrogen) atoms. The highest BCUT2D eigenvalue weighted by atomic mass is 32.2. The van der Waals surface area contributed by atoms with Gasteiger partial charge in [-0.25, -0.2) is 18.7 Å². The number of fused-ring (bicyclic) bond motifs is 1. The molecule has 0 radical (unpaired) electrons. The molecule has 0 fully saturated rings. The Morgan fingerprint density at radius 1 is 1.04 bits per heavy atom. The van der Waals surface area contributed by atoms with E-state index in [4.69, 9.17) is 0 Å². The molecular formula is C20H14F2N4OS. The average Bonchev–Trinajstić information content (AvgIpc) is 3.07. The van der Waals surface area contributed by atoms with Crippen LogP contribution in [0.5, 0.6) is 0 Å². The monoisotopic (exact) mass is 396 g/mol. The molecule has 8 heteroatoms. The van der Waals surface area contributed by atoms with Gasteiger partial charge in [0.25, 0.3) is 0 Å². The third-order valence-electron chi connectivity index (χ3n) is 3.95. The molecule has 140 valence electrons. The number of nitrogens with one attached hydrogen (secondary N) is 1. The molecule has 4 rings (SSSR count). The largest absolute Gasteiger partial charge is 0.323 e. The van der Waals surface area contributed by atoms with Gasteiger partial charge in [-0.3, -0.25) is 9.36 Å². The van der Waals surface area contributed by atoms with Crippen LogP contribution < -0.4 is 5.32 Å². The normalized spacial score (nSPS) is 10.9. The third kappa shape index (κ3) is 3.72. The predicted molar refractivity (Wildman–Crippen MR) is 105 cm³/mol. The molecular weight excluding hydrogens is 382 g/mol. The highest BCUT2D eigenvalue weighted by Crippen LogP contribution is 2.27. The molecule has 1 amide bonds. The Hall–Kier alpha value is -3.26. The summed E-state index contributed by atoms with van der Waals surface area (Å²) in [7, 11) is 0. The van der Waals surface area contributed by atoms with Crippen molar-refractivity contribution in [2.75, 3.05) is 11.1 Å². The van der Waals surface area contributed by atoms with Crippen LogP contribution in [0.4, 0.5) is 14.5 Å². The number of pyridine rings is 1. The molecule has 5 nitrogen and oxygen atoms in total. The van der Waals surface area contributed by atoms with Crippen molar-refractivity contribution in [2.24, 2.45) is 0 Å². The molecule has 2 aromatic heterocycles. The van der Waals surface area contributed by atoms with Crippen LogP contribution in [0.2, 0.25) is 0 Å². The van der Waals surface area contributed by atoms with E-state index in [1.165, 1.54) is 36.0 Å². The first kappa shape index (κ1) is 18.1. The summed E-state index contributed by atoms with van der Waals surface area (Å²) in [5, 5.41) is 3.08. The molecule has 0 atom stereocenters. The molecule has 0 unspecified atom stereocenters. The molecule has 2 heterocycles. The fourth-order valence-corrected chi connectivity index (χ4v) is 3.51. The number of halogens is 2. The first-order valence-corrected chi connectivity index (χ1v) is 9.37. The second kappa shape index (κ2) is 7.77. The van der Waals surface area contributed by atoms with E-state index < -0.39 is 5.82 Å². The van der Waals surface area contributed by atoms with Crippen LogP contribution >= 0.6 is 11.8 Å². The minimum Gasteiger partial charge on any atom is -0.323 e. The van der Waals surface area contributed by atoms with Crippen molar-refractivity contribution in [3.8, 4) is 5.69 Å². The van der Waals surface area contributed by atoms with Crippen molar-refractivity contribution in [3.63, 3.8) is 0 Å². The summed E-state index contributed by atoms with van der Waals surface area (Å²) in [5.41, 5.74) is 2.07. The van der Waals surface area contributed by atoms with Gasteiger partial charge in [0, 0.05) is 11.9 Å². The summed E-state index contributed by atoms with van der Waals surface area (Å²) in [6.07, 6.45) is 1.64. The number of imidazole rings is 1. The van der Waals surface area contributed by atoms with E-state index in [1.807, 2.05) is 6.07 Å². The van der Waals surface area contributed by atoms with Gasteiger partial charge in [0.15, 0.2) is 10.8 Å². The van der Waals surface area contributed by atoms with Gasteiger partial charge >= 0.3 is 0 Å². The SMILES string of the molecule is O=C(CSc1nc2cccnc2n1-c1ccc(F)cc1)Nc1ccccc1F. The van der Waals surface area contributed by atoms with Crippen LogP contribution in [0.3, 0.4) is 0 Å². The van der Waals surface area contributed by atoms with Crippen molar-refractivity contribution >= 4 is 34.5 Å². The summed E-state index contributed by atoms with van der Waals surface area (Å²) < 4.78 is 28.8. The molecule has 0 aliphatic heterocycles. The predicted octanol–water partition coefficient (Wildman–Crippen LogP) is 4.43. The van der Waals surface area contributed by atoms with Crippen molar-refractivity contribution in [2.45, 2.75) is 5.16 Å². The van der Waals surface area contributed by atoms with E-state index in [1.54, 1.807) is 41.1 Å². The number of hydrogen-bond acceptors (Lipinski definition) is 4. The molecule has 0 saturated carbocycles. The maximum absolute atomic E-state index is 13.7. The Bertz CT molecular complexity index is 1140. The molecule has 2 aromatic carbocycles. The number of para-hydroxylation sites is 1. The van der Waals surface area contributed by atoms with Crippen molar-refractivity contribution in [1.82, 2.24) is 14.5 Å². The Labute approximate surface area is 163 Å². The lowest BCUT2D eigenvalue weighted by molar-refractivity contribution is -0.113. The van der Waals surface area contributed by atoms with Gasteiger partial charge < -0.3 is 5.32 Å². The minimum atomic E-state index is -0.497. The van der Waals surface area contributed by atoms with Crippen LogP contribution in [-0.2, 0) is 4.79 Å². The molecule has 0 saturated heterocycles. The topological polar surface area (TPSA) is 59.8 Å². The first-order valence-electron chi connectivity index (χ1n) is 8.38. The highest BCUT2D eigenvalue weighted by molar-refractivity contribution is 7.99. The van der Waals surface area contributed by atoms with Gasteiger partial charge in [-0.05, 0) is 48.5 Å². The maximum Gasteiger partial charge on any atom is 0.234 e. The van der Waals surface area contributed by atoms with Crippen molar-refractivity contribution in [1.29, 1.82) is 0 Å². The van der Waals surface area contributed by atoms with Gasteiger partial charge in [0.05, 0.1) is 11.4 Å². The van der Waals surface area contributed by atoms with Gasteiger partial charge in [0.2, 0.25) is 5.91 Å². The number of benzene rings is 2. The summed E-state index contributed by atoms with van der Waals surface area (Å²) in [6.45, 7) is 0. The van der Waals surface area contributed by atoms with Gasteiger partial charge in [-0.1, -0.05) is 23.9 Å². The molecule has 0 aliphatic rings. The minimum absolute atomic E-state index is 0.0266. The second-order valence-corrected chi connectivity index (χ2v) is 6.81. The average molecular weight is 396 g/mol. The maximum atomic E-state index is 13.7. The lowest BCUT2D eigenvalue weighted by Gasteiger charge is -2.09. The van der Waals surface area contributed by atoms with Crippen LogP contribution in [0.15, 0.2) is 72.0 Å². The van der Waals surface area contributed by atoms with E-state index in [9.17, 15) is 13.6 Å². The summed E-state index contributed by atoms with van der Waals surface area (Å²) in [6, 6.07) is 15.5. The van der Waals surface area contributed by atoms with Gasteiger partial charge in [0.1, 0.15) is 17.2 Å². The number of thioether (sulfide) groups is 1. The Morgan fingerprint density at radius 3 is 2.61 bits per heavy atom.